The topological polar surface area (TPSA) is 66.5 Å². The molecule has 1 aromatic heterocycles. The summed E-state index contributed by atoms with van der Waals surface area (Å²) in [5.74, 6) is 0.475. The molecule has 0 aliphatic rings. The average molecular weight is 299 g/mol. The third-order valence-electron chi connectivity index (χ3n) is 2.98. The van der Waals surface area contributed by atoms with Gasteiger partial charge in [-0.3, -0.25) is 0 Å². The normalized spacial score (nSPS) is 13.1. The molecule has 0 saturated carbocycles. The maximum atomic E-state index is 12.1. The van der Waals surface area contributed by atoms with E-state index in [9.17, 15) is 13.2 Å². The molecule has 0 aliphatic heterocycles. The SMILES string of the molecule is CC(CCCC(F)(F)F)Nc1cccc(-c2nn[nH]n2)c1. The van der Waals surface area contributed by atoms with E-state index in [-0.39, 0.29) is 12.5 Å². The Kier molecular flexibility index (Phi) is 4.77. The van der Waals surface area contributed by atoms with Crippen LogP contribution in [-0.2, 0) is 0 Å². The van der Waals surface area contributed by atoms with Gasteiger partial charge in [0.05, 0.1) is 0 Å². The van der Waals surface area contributed by atoms with Crippen molar-refractivity contribution in [2.24, 2.45) is 0 Å². The van der Waals surface area contributed by atoms with Crippen molar-refractivity contribution in [3.8, 4) is 11.4 Å². The maximum absolute atomic E-state index is 12.1. The predicted octanol–water partition coefficient (Wildman–Crippen LogP) is 3.40. The number of aromatic amines is 1. The Morgan fingerprint density at radius 3 is 2.81 bits per heavy atom. The van der Waals surface area contributed by atoms with Gasteiger partial charge < -0.3 is 5.32 Å². The maximum Gasteiger partial charge on any atom is 0.389 e. The van der Waals surface area contributed by atoms with E-state index < -0.39 is 12.6 Å². The van der Waals surface area contributed by atoms with Crippen LogP contribution in [0, 0.1) is 0 Å². The van der Waals surface area contributed by atoms with Gasteiger partial charge in [0.25, 0.3) is 0 Å². The van der Waals surface area contributed by atoms with Crippen molar-refractivity contribution in [2.45, 2.75) is 38.4 Å². The standard InChI is InChI=1S/C13H16F3N5/c1-9(4-3-7-13(14,15)16)17-11-6-2-5-10(8-11)12-18-20-21-19-12/h2,5-6,8-9,17H,3-4,7H2,1H3,(H,18,19,20,21). The summed E-state index contributed by atoms with van der Waals surface area (Å²) in [7, 11) is 0. The highest BCUT2D eigenvalue weighted by Crippen LogP contribution is 2.24. The molecule has 1 heterocycles. The van der Waals surface area contributed by atoms with Gasteiger partial charge in [-0.05, 0) is 37.1 Å². The summed E-state index contributed by atoms with van der Waals surface area (Å²) in [5, 5.41) is 16.8. The molecule has 0 saturated heterocycles. The Morgan fingerprint density at radius 2 is 2.14 bits per heavy atom. The van der Waals surface area contributed by atoms with Crippen molar-refractivity contribution in [1.82, 2.24) is 20.6 Å². The first-order valence-corrected chi connectivity index (χ1v) is 6.61. The number of rotatable bonds is 6. The van der Waals surface area contributed by atoms with Gasteiger partial charge in [-0.2, -0.15) is 18.4 Å². The molecule has 0 fully saturated rings. The first kappa shape index (κ1) is 15.3. The zero-order valence-corrected chi connectivity index (χ0v) is 11.5. The van der Waals surface area contributed by atoms with Crippen LogP contribution >= 0.6 is 0 Å². The molecule has 0 bridgehead atoms. The molecule has 5 nitrogen and oxygen atoms in total. The van der Waals surface area contributed by atoms with Crippen molar-refractivity contribution in [3.05, 3.63) is 24.3 Å². The van der Waals surface area contributed by atoms with Crippen molar-refractivity contribution in [2.75, 3.05) is 5.32 Å². The fourth-order valence-corrected chi connectivity index (χ4v) is 2.00. The Labute approximate surface area is 119 Å². The summed E-state index contributed by atoms with van der Waals surface area (Å²) in [6.07, 6.45) is -4.27. The van der Waals surface area contributed by atoms with Gasteiger partial charge in [0.15, 0.2) is 0 Å². The van der Waals surface area contributed by atoms with Gasteiger partial charge >= 0.3 is 6.18 Å². The number of alkyl halides is 3. The average Bonchev–Trinajstić information content (AvgIpc) is 2.91. The van der Waals surface area contributed by atoms with E-state index in [2.05, 4.69) is 25.9 Å². The minimum absolute atomic E-state index is 0.0483. The van der Waals surface area contributed by atoms with E-state index in [0.717, 1.165) is 11.3 Å². The molecule has 1 aromatic carbocycles. The number of benzene rings is 1. The van der Waals surface area contributed by atoms with Gasteiger partial charge in [-0.15, -0.1) is 10.2 Å². The minimum atomic E-state index is -4.09. The van der Waals surface area contributed by atoms with E-state index in [1.54, 1.807) is 0 Å². The molecule has 2 aromatic rings. The van der Waals surface area contributed by atoms with Gasteiger partial charge in [-0.25, -0.2) is 0 Å². The fraction of sp³-hybridized carbons (Fsp3) is 0.462. The van der Waals surface area contributed by atoms with E-state index in [1.807, 2.05) is 31.2 Å². The van der Waals surface area contributed by atoms with Crippen molar-refractivity contribution < 1.29 is 13.2 Å². The number of aromatic nitrogens is 4. The molecule has 0 radical (unpaired) electrons. The first-order valence-electron chi connectivity index (χ1n) is 6.61. The predicted molar refractivity (Wildman–Crippen MR) is 72.6 cm³/mol. The van der Waals surface area contributed by atoms with Crippen LogP contribution in [0.3, 0.4) is 0 Å². The van der Waals surface area contributed by atoms with Gasteiger partial charge in [0.2, 0.25) is 5.82 Å². The van der Waals surface area contributed by atoms with Crippen LogP contribution < -0.4 is 5.32 Å². The molecule has 8 heteroatoms. The van der Waals surface area contributed by atoms with Crippen LogP contribution in [0.1, 0.15) is 26.2 Å². The molecule has 114 valence electrons. The van der Waals surface area contributed by atoms with E-state index in [0.29, 0.717) is 12.2 Å². The van der Waals surface area contributed by atoms with Crippen LogP contribution in [0.5, 0.6) is 0 Å². The number of hydrogen-bond acceptors (Lipinski definition) is 4. The molecule has 0 aliphatic carbocycles. The zero-order chi connectivity index (χ0) is 15.3. The molecule has 0 spiro atoms. The lowest BCUT2D eigenvalue weighted by atomic mass is 10.1. The van der Waals surface area contributed by atoms with Crippen LogP contribution in [0.25, 0.3) is 11.4 Å². The lowest BCUT2D eigenvalue weighted by Crippen LogP contribution is -2.16. The highest BCUT2D eigenvalue weighted by atomic mass is 19.4. The summed E-state index contributed by atoms with van der Waals surface area (Å²) in [5.41, 5.74) is 1.60. The molecular weight excluding hydrogens is 283 g/mol. The lowest BCUT2D eigenvalue weighted by molar-refractivity contribution is -0.135. The van der Waals surface area contributed by atoms with Crippen LogP contribution in [0.15, 0.2) is 24.3 Å². The Bertz CT molecular complexity index is 553. The van der Waals surface area contributed by atoms with Crippen molar-refractivity contribution in [1.29, 1.82) is 0 Å². The highest BCUT2D eigenvalue weighted by molar-refractivity contribution is 5.61. The number of tetrazole rings is 1. The number of H-pyrrole nitrogens is 1. The minimum Gasteiger partial charge on any atom is -0.383 e. The lowest BCUT2D eigenvalue weighted by Gasteiger charge is -2.16. The largest absolute Gasteiger partial charge is 0.389 e. The molecule has 2 N–H and O–H groups in total. The van der Waals surface area contributed by atoms with Gasteiger partial charge in [-0.1, -0.05) is 12.1 Å². The van der Waals surface area contributed by atoms with Crippen LogP contribution in [0.2, 0.25) is 0 Å². The zero-order valence-electron chi connectivity index (χ0n) is 11.5. The Morgan fingerprint density at radius 1 is 1.33 bits per heavy atom. The Balaban J connectivity index is 1.89. The molecule has 21 heavy (non-hydrogen) atoms. The molecule has 0 amide bonds. The second-order valence-corrected chi connectivity index (χ2v) is 4.87. The summed E-state index contributed by atoms with van der Waals surface area (Å²) in [6, 6.07) is 7.31. The number of anilines is 1. The third kappa shape index (κ3) is 5.05. The fourth-order valence-electron chi connectivity index (χ4n) is 2.00. The van der Waals surface area contributed by atoms with E-state index >= 15 is 0 Å². The highest BCUT2D eigenvalue weighted by Gasteiger charge is 2.26. The van der Waals surface area contributed by atoms with Crippen molar-refractivity contribution >= 4 is 5.69 Å². The molecule has 1 atom stereocenters. The molecule has 2 rings (SSSR count). The summed E-state index contributed by atoms with van der Waals surface area (Å²) in [4.78, 5) is 0. The second-order valence-electron chi connectivity index (χ2n) is 4.87. The Hall–Kier alpha value is -2.12. The van der Waals surface area contributed by atoms with Gasteiger partial charge in [0.1, 0.15) is 0 Å². The number of nitrogens with zero attached hydrogens (tertiary/aromatic N) is 3. The number of hydrogen-bond donors (Lipinski definition) is 2. The summed E-state index contributed by atoms with van der Waals surface area (Å²) < 4.78 is 36.3. The molecular formula is C13H16F3N5. The van der Waals surface area contributed by atoms with Crippen molar-refractivity contribution in [3.63, 3.8) is 0 Å². The summed E-state index contributed by atoms with van der Waals surface area (Å²) in [6.45, 7) is 1.86. The van der Waals surface area contributed by atoms with Crippen LogP contribution in [-0.4, -0.2) is 32.8 Å². The first-order chi connectivity index (χ1) is 9.94. The van der Waals surface area contributed by atoms with Crippen LogP contribution in [0.4, 0.5) is 18.9 Å². The monoisotopic (exact) mass is 299 g/mol. The number of nitrogens with one attached hydrogen (secondary N) is 2. The number of halogens is 3. The van der Waals surface area contributed by atoms with E-state index in [1.165, 1.54) is 0 Å². The van der Waals surface area contributed by atoms with E-state index in [4.69, 9.17) is 0 Å². The smallest absolute Gasteiger partial charge is 0.383 e. The summed E-state index contributed by atoms with van der Waals surface area (Å²) >= 11 is 0. The van der Waals surface area contributed by atoms with Gasteiger partial charge in [0, 0.05) is 23.7 Å². The third-order valence-corrected chi connectivity index (χ3v) is 2.98. The second kappa shape index (κ2) is 6.55. The molecule has 1 unspecified atom stereocenters. The quantitative estimate of drug-likeness (QED) is 0.858.